The molecular formula is C18H25N5O2. The first-order chi connectivity index (χ1) is 11.9. The number of amides is 2. The van der Waals surface area contributed by atoms with Crippen molar-refractivity contribution in [1.82, 2.24) is 19.7 Å². The van der Waals surface area contributed by atoms with Gasteiger partial charge in [-0.1, -0.05) is 6.42 Å². The smallest absolute Gasteiger partial charge is 0.256 e. The Labute approximate surface area is 147 Å². The molecule has 1 aliphatic carbocycles. The fourth-order valence-corrected chi connectivity index (χ4v) is 3.70. The van der Waals surface area contributed by atoms with E-state index in [1.807, 2.05) is 37.6 Å². The molecule has 2 atom stereocenters. The summed E-state index contributed by atoms with van der Waals surface area (Å²) in [6, 6.07) is 4.00. The standard InChI is InChI=1S/C18H25N5O2/c1-11-7-8-12(2)23(11)18-15(10-20-22(18)3)17(25)21-14-6-4-5-13(9-14)16(19)24/h7-8,10,13-14H,4-6,9H2,1-3H3,(H2,19,24)(H,21,25)/t13-,14+/m1/s1. The normalized spacial score (nSPS) is 20.4. The summed E-state index contributed by atoms with van der Waals surface area (Å²) in [5.74, 6) is 0.159. The summed E-state index contributed by atoms with van der Waals surface area (Å²) >= 11 is 0. The molecule has 0 spiro atoms. The van der Waals surface area contributed by atoms with Crippen LogP contribution in [0.5, 0.6) is 0 Å². The molecule has 3 rings (SSSR count). The van der Waals surface area contributed by atoms with Gasteiger partial charge in [0.2, 0.25) is 5.91 Å². The number of rotatable bonds is 4. The lowest BCUT2D eigenvalue weighted by Crippen LogP contribution is -2.41. The molecule has 1 fully saturated rings. The van der Waals surface area contributed by atoms with Crippen molar-refractivity contribution in [2.75, 3.05) is 0 Å². The third-order valence-electron chi connectivity index (χ3n) is 5.05. The number of nitrogens with zero attached hydrogens (tertiary/aromatic N) is 3. The lowest BCUT2D eigenvalue weighted by molar-refractivity contribution is -0.122. The number of carbonyl (C=O) groups excluding carboxylic acids is 2. The van der Waals surface area contributed by atoms with E-state index < -0.39 is 0 Å². The highest BCUT2D eigenvalue weighted by molar-refractivity contribution is 5.97. The molecule has 134 valence electrons. The van der Waals surface area contributed by atoms with Crippen LogP contribution in [0.15, 0.2) is 18.3 Å². The second-order valence-electron chi connectivity index (χ2n) is 6.89. The van der Waals surface area contributed by atoms with Gasteiger partial charge in [-0.15, -0.1) is 0 Å². The number of hydrogen-bond acceptors (Lipinski definition) is 3. The number of carbonyl (C=O) groups is 2. The van der Waals surface area contributed by atoms with Crippen LogP contribution in [-0.4, -0.2) is 32.2 Å². The van der Waals surface area contributed by atoms with E-state index in [4.69, 9.17) is 5.73 Å². The van der Waals surface area contributed by atoms with Crippen LogP contribution >= 0.6 is 0 Å². The molecule has 0 radical (unpaired) electrons. The maximum Gasteiger partial charge on any atom is 0.256 e. The second-order valence-corrected chi connectivity index (χ2v) is 6.89. The molecule has 3 N–H and O–H groups in total. The minimum atomic E-state index is -0.278. The number of hydrogen-bond donors (Lipinski definition) is 2. The largest absolute Gasteiger partial charge is 0.369 e. The van der Waals surface area contributed by atoms with E-state index in [2.05, 4.69) is 10.4 Å². The summed E-state index contributed by atoms with van der Waals surface area (Å²) in [6.07, 6.45) is 4.78. The highest BCUT2D eigenvalue weighted by atomic mass is 16.2. The van der Waals surface area contributed by atoms with Crippen LogP contribution in [-0.2, 0) is 11.8 Å². The maximum absolute atomic E-state index is 12.8. The van der Waals surface area contributed by atoms with E-state index in [-0.39, 0.29) is 23.8 Å². The molecule has 2 aromatic heterocycles. The van der Waals surface area contributed by atoms with E-state index in [0.717, 1.165) is 36.5 Å². The molecule has 1 saturated carbocycles. The quantitative estimate of drug-likeness (QED) is 0.883. The number of aryl methyl sites for hydroxylation is 3. The van der Waals surface area contributed by atoms with Gasteiger partial charge in [0, 0.05) is 30.4 Å². The molecule has 2 amide bonds. The van der Waals surface area contributed by atoms with Crippen LogP contribution < -0.4 is 11.1 Å². The minimum Gasteiger partial charge on any atom is -0.369 e. The zero-order valence-electron chi connectivity index (χ0n) is 15.0. The Kier molecular flexibility index (Phi) is 4.65. The third-order valence-corrected chi connectivity index (χ3v) is 5.05. The van der Waals surface area contributed by atoms with E-state index in [0.29, 0.717) is 12.0 Å². The SMILES string of the molecule is Cc1ccc(C)n1-c1c(C(=O)N[C@H]2CCC[C@@H](C(N)=O)C2)cnn1C. The monoisotopic (exact) mass is 343 g/mol. The van der Waals surface area contributed by atoms with Gasteiger partial charge in [-0.3, -0.25) is 14.3 Å². The van der Waals surface area contributed by atoms with Crippen molar-refractivity contribution in [3.63, 3.8) is 0 Å². The van der Waals surface area contributed by atoms with E-state index in [1.54, 1.807) is 10.9 Å². The van der Waals surface area contributed by atoms with Gasteiger partial charge in [-0.2, -0.15) is 5.10 Å². The Bertz CT molecular complexity index is 785. The maximum atomic E-state index is 12.8. The Hall–Kier alpha value is -2.57. The van der Waals surface area contributed by atoms with Crippen molar-refractivity contribution < 1.29 is 9.59 Å². The molecule has 2 heterocycles. The first-order valence-corrected chi connectivity index (χ1v) is 8.66. The molecule has 0 saturated heterocycles. The van der Waals surface area contributed by atoms with E-state index in [9.17, 15) is 9.59 Å². The van der Waals surface area contributed by atoms with E-state index in [1.165, 1.54) is 0 Å². The highest BCUT2D eigenvalue weighted by Crippen LogP contribution is 2.25. The summed E-state index contributed by atoms with van der Waals surface area (Å²) in [5, 5.41) is 7.33. The van der Waals surface area contributed by atoms with Crippen LogP contribution in [0.1, 0.15) is 47.4 Å². The van der Waals surface area contributed by atoms with Crippen LogP contribution in [0.3, 0.4) is 0 Å². The molecule has 7 heteroatoms. The van der Waals surface area contributed by atoms with Gasteiger partial charge in [-0.05, 0) is 45.2 Å². The Morgan fingerprint density at radius 3 is 2.56 bits per heavy atom. The predicted molar refractivity (Wildman–Crippen MR) is 94.4 cm³/mol. The van der Waals surface area contributed by atoms with E-state index >= 15 is 0 Å². The summed E-state index contributed by atoms with van der Waals surface area (Å²) in [4.78, 5) is 24.3. The third kappa shape index (κ3) is 3.31. The van der Waals surface area contributed by atoms with Crippen molar-refractivity contribution in [3.05, 3.63) is 35.3 Å². The van der Waals surface area contributed by atoms with Crippen molar-refractivity contribution in [2.45, 2.75) is 45.6 Å². The fraction of sp³-hybridized carbons (Fsp3) is 0.500. The molecule has 0 unspecified atom stereocenters. The highest BCUT2D eigenvalue weighted by Gasteiger charge is 2.28. The summed E-state index contributed by atoms with van der Waals surface area (Å²) in [7, 11) is 1.83. The summed E-state index contributed by atoms with van der Waals surface area (Å²) in [6.45, 7) is 4.00. The first kappa shape index (κ1) is 17.3. The molecular weight excluding hydrogens is 318 g/mol. The Morgan fingerprint density at radius 2 is 1.92 bits per heavy atom. The average Bonchev–Trinajstić information content (AvgIpc) is 3.10. The second kappa shape index (κ2) is 6.74. The number of aromatic nitrogens is 3. The van der Waals surface area contributed by atoms with Crippen molar-refractivity contribution in [2.24, 2.45) is 18.7 Å². The number of nitrogens with two attached hydrogens (primary N) is 1. The fourth-order valence-electron chi connectivity index (χ4n) is 3.70. The van der Waals surface area contributed by atoms with Gasteiger partial charge < -0.3 is 15.6 Å². The zero-order chi connectivity index (χ0) is 18.1. The van der Waals surface area contributed by atoms with Crippen molar-refractivity contribution >= 4 is 11.8 Å². The van der Waals surface area contributed by atoms with Crippen LogP contribution in [0, 0.1) is 19.8 Å². The predicted octanol–water partition coefficient (Wildman–Crippen LogP) is 1.60. The van der Waals surface area contributed by atoms with Gasteiger partial charge in [0.1, 0.15) is 11.4 Å². The van der Waals surface area contributed by atoms with Gasteiger partial charge in [0.05, 0.1) is 6.20 Å². The van der Waals surface area contributed by atoms with Crippen molar-refractivity contribution in [1.29, 1.82) is 0 Å². The number of primary amides is 1. The minimum absolute atomic E-state index is 0.0290. The van der Waals surface area contributed by atoms with Crippen LogP contribution in [0.2, 0.25) is 0 Å². The van der Waals surface area contributed by atoms with Gasteiger partial charge in [0.25, 0.3) is 5.91 Å². The molecule has 1 aliphatic rings. The summed E-state index contributed by atoms with van der Waals surface area (Å²) in [5.41, 5.74) is 8.05. The summed E-state index contributed by atoms with van der Waals surface area (Å²) < 4.78 is 3.73. The molecule has 25 heavy (non-hydrogen) atoms. The topological polar surface area (TPSA) is 94.9 Å². The van der Waals surface area contributed by atoms with Crippen LogP contribution in [0.4, 0.5) is 0 Å². The van der Waals surface area contributed by atoms with Crippen LogP contribution in [0.25, 0.3) is 5.82 Å². The molecule has 0 aliphatic heterocycles. The van der Waals surface area contributed by atoms with Crippen molar-refractivity contribution in [3.8, 4) is 5.82 Å². The number of nitrogens with one attached hydrogen (secondary N) is 1. The Morgan fingerprint density at radius 1 is 1.24 bits per heavy atom. The lowest BCUT2D eigenvalue weighted by Gasteiger charge is -2.28. The average molecular weight is 343 g/mol. The molecule has 7 nitrogen and oxygen atoms in total. The molecule has 2 aromatic rings. The van der Waals surface area contributed by atoms with Gasteiger partial charge >= 0.3 is 0 Å². The zero-order valence-corrected chi connectivity index (χ0v) is 15.0. The lowest BCUT2D eigenvalue weighted by atomic mass is 9.85. The van der Waals surface area contributed by atoms with Gasteiger partial charge in [0.15, 0.2) is 0 Å². The molecule has 0 bridgehead atoms. The molecule has 0 aromatic carbocycles. The first-order valence-electron chi connectivity index (χ1n) is 8.66. The van der Waals surface area contributed by atoms with Gasteiger partial charge in [-0.25, -0.2) is 0 Å². The Balaban J connectivity index is 1.83.